The van der Waals surface area contributed by atoms with E-state index in [0.717, 1.165) is 11.8 Å². The SMILES string of the molecule is CC1(C)[C@H]2CCC(CO)[C@@H]1C2. The van der Waals surface area contributed by atoms with Crippen LogP contribution >= 0.6 is 0 Å². The van der Waals surface area contributed by atoms with Gasteiger partial charge in [0.05, 0.1) is 0 Å². The van der Waals surface area contributed by atoms with Gasteiger partial charge in [-0.2, -0.15) is 0 Å². The molecule has 0 amide bonds. The van der Waals surface area contributed by atoms with Crippen LogP contribution in [0.25, 0.3) is 0 Å². The summed E-state index contributed by atoms with van der Waals surface area (Å²) in [5, 5.41) is 9.12. The van der Waals surface area contributed by atoms with Crippen molar-refractivity contribution in [2.24, 2.45) is 23.2 Å². The zero-order valence-corrected chi connectivity index (χ0v) is 7.51. The summed E-state index contributed by atoms with van der Waals surface area (Å²) in [5.41, 5.74) is 0.547. The van der Waals surface area contributed by atoms with Crippen molar-refractivity contribution in [1.29, 1.82) is 0 Å². The van der Waals surface area contributed by atoms with E-state index < -0.39 is 0 Å². The van der Waals surface area contributed by atoms with E-state index in [1.165, 1.54) is 19.3 Å². The molecule has 0 aromatic rings. The van der Waals surface area contributed by atoms with E-state index >= 15 is 0 Å². The Balaban J connectivity index is 2.10. The second-order valence-corrected chi connectivity index (χ2v) is 4.88. The lowest BCUT2D eigenvalue weighted by molar-refractivity contribution is -0.116. The summed E-state index contributed by atoms with van der Waals surface area (Å²) in [4.78, 5) is 0. The minimum absolute atomic E-state index is 0.417. The zero-order valence-electron chi connectivity index (χ0n) is 7.51. The van der Waals surface area contributed by atoms with Gasteiger partial charge < -0.3 is 5.11 Å². The molecule has 0 aromatic heterocycles. The Morgan fingerprint density at radius 2 is 2.09 bits per heavy atom. The van der Waals surface area contributed by atoms with Crippen LogP contribution in [0.5, 0.6) is 0 Å². The van der Waals surface area contributed by atoms with E-state index in [1.807, 2.05) is 0 Å². The Kier molecular flexibility index (Phi) is 1.54. The van der Waals surface area contributed by atoms with Gasteiger partial charge in [0.15, 0.2) is 0 Å². The van der Waals surface area contributed by atoms with E-state index in [0.29, 0.717) is 17.9 Å². The highest BCUT2D eigenvalue weighted by atomic mass is 16.3. The molecule has 11 heavy (non-hydrogen) atoms. The molecule has 0 aromatic carbocycles. The summed E-state index contributed by atoms with van der Waals surface area (Å²) in [6.07, 6.45) is 4.02. The molecule has 3 aliphatic carbocycles. The van der Waals surface area contributed by atoms with Crippen molar-refractivity contribution >= 4 is 0 Å². The number of aliphatic hydroxyl groups excluding tert-OH is 1. The lowest BCUT2D eigenvalue weighted by Crippen LogP contribution is -2.53. The molecule has 64 valence electrons. The predicted octanol–water partition coefficient (Wildman–Crippen LogP) is 2.05. The molecule has 1 nitrogen and oxygen atoms in total. The molecule has 0 aliphatic heterocycles. The first-order chi connectivity index (χ1) is 5.16. The van der Waals surface area contributed by atoms with E-state index in [9.17, 15) is 0 Å². The molecule has 0 radical (unpaired) electrons. The van der Waals surface area contributed by atoms with Crippen molar-refractivity contribution in [3.8, 4) is 0 Å². The van der Waals surface area contributed by atoms with Gasteiger partial charge in [0.2, 0.25) is 0 Å². The molecule has 0 heterocycles. The average molecular weight is 154 g/mol. The van der Waals surface area contributed by atoms with Gasteiger partial charge in [-0.1, -0.05) is 13.8 Å². The fourth-order valence-electron chi connectivity index (χ4n) is 3.18. The predicted molar refractivity (Wildman–Crippen MR) is 45.2 cm³/mol. The fraction of sp³-hybridized carbons (Fsp3) is 1.00. The minimum atomic E-state index is 0.417. The van der Waals surface area contributed by atoms with Crippen LogP contribution in [-0.4, -0.2) is 11.7 Å². The van der Waals surface area contributed by atoms with Crippen LogP contribution in [0.2, 0.25) is 0 Å². The Bertz CT molecular complexity index is 160. The number of hydrogen-bond donors (Lipinski definition) is 1. The maximum atomic E-state index is 9.12. The molecule has 1 N–H and O–H groups in total. The molecule has 1 unspecified atom stereocenters. The van der Waals surface area contributed by atoms with Gasteiger partial charge in [0.25, 0.3) is 0 Å². The normalized spacial score (nSPS) is 46.6. The van der Waals surface area contributed by atoms with Gasteiger partial charge in [-0.15, -0.1) is 0 Å². The molecular weight excluding hydrogens is 136 g/mol. The standard InChI is InChI=1S/C10H18O/c1-10(2)8-4-3-7(6-11)9(10)5-8/h7-9,11H,3-6H2,1-2H3/t7?,8-,9-/m0/s1. The number of aliphatic hydroxyl groups is 1. The number of hydrogen-bond acceptors (Lipinski definition) is 1. The summed E-state index contributed by atoms with van der Waals surface area (Å²) >= 11 is 0. The molecule has 3 atom stereocenters. The van der Waals surface area contributed by atoms with Crippen molar-refractivity contribution in [1.82, 2.24) is 0 Å². The molecule has 3 saturated carbocycles. The summed E-state index contributed by atoms with van der Waals surface area (Å²) < 4.78 is 0. The quantitative estimate of drug-likeness (QED) is 0.613. The molecule has 3 fully saturated rings. The lowest BCUT2D eigenvalue weighted by atomic mass is 9.46. The number of fused-ring (bicyclic) bond motifs is 2. The van der Waals surface area contributed by atoms with E-state index in [4.69, 9.17) is 5.11 Å². The first-order valence-electron chi connectivity index (χ1n) is 4.77. The van der Waals surface area contributed by atoms with E-state index in [-0.39, 0.29) is 0 Å². The topological polar surface area (TPSA) is 20.2 Å². The van der Waals surface area contributed by atoms with Gasteiger partial charge >= 0.3 is 0 Å². The van der Waals surface area contributed by atoms with E-state index in [1.54, 1.807) is 0 Å². The average Bonchev–Trinajstić information content (AvgIpc) is 2.04. The van der Waals surface area contributed by atoms with Crippen LogP contribution in [0.15, 0.2) is 0 Å². The lowest BCUT2D eigenvalue weighted by Gasteiger charge is -2.59. The highest BCUT2D eigenvalue weighted by Crippen LogP contribution is 2.61. The molecule has 0 spiro atoms. The third-order valence-corrected chi connectivity index (χ3v) is 4.24. The fourth-order valence-corrected chi connectivity index (χ4v) is 3.18. The Morgan fingerprint density at radius 3 is 2.45 bits per heavy atom. The van der Waals surface area contributed by atoms with Crippen molar-refractivity contribution in [3.63, 3.8) is 0 Å². The van der Waals surface area contributed by atoms with E-state index in [2.05, 4.69) is 13.8 Å². The van der Waals surface area contributed by atoms with Crippen LogP contribution in [0.4, 0.5) is 0 Å². The smallest absolute Gasteiger partial charge is 0.0462 e. The highest BCUT2D eigenvalue weighted by Gasteiger charge is 2.53. The van der Waals surface area contributed by atoms with Crippen LogP contribution in [0.1, 0.15) is 33.1 Å². The van der Waals surface area contributed by atoms with Crippen molar-refractivity contribution in [3.05, 3.63) is 0 Å². The molecule has 3 rings (SSSR count). The first kappa shape index (κ1) is 7.60. The maximum absolute atomic E-state index is 9.12. The van der Waals surface area contributed by atoms with Crippen molar-refractivity contribution < 1.29 is 5.11 Å². The second kappa shape index (κ2) is 2.22. The largest absolute Gasteiger partial charge is 0.396 e. The Hall–Kier alpha value is -0.0400. The first-order valence-corrected chi connectivity index (χ1v) is 4.77. The van der Waals surface area contributed by atoms with Crippen LogP contribution in [0.3, 0.4) is 0 Å². The summed E-state index contributed by atoms with van der Waals surface area (Å²) in [5.74, 6) is 2.41. The van der Waals surface area contributed by atoms with Crippen molar-refractivity contribution in [2.45, 2.75) is 33.1 Å². The molecule has 3 aliphatic rings. The highest BCUT2D eigenvalue weighted by molar-refractivity contribution is 5.02. The van der Waals surface area contributed by atoms with Gasteiger partial charge in [-0.05, 0) is 42.4 Å². The van der Waals surface area contributed by atoms with Gasteiger partial charge in [-0.25, -0.2) is 0 Å². The van der Waals surface area contributed by atoms with Crippen molar-refractivity contribution in [2.75, 3.05) is 6.61 Å². The molecule has 2 bridgehead atoms. The van der Waals surface area contributed by atoms with Crippen LogP contribution in [0, 0.1) is 23.2 Å². The number of rotatable bonds is 1. The molecule has 0 saturated heterocycles. The summed E-state index contributed by atoms with van der Waals surface area (Å²) in [7, 11) is 0. The zero-order chi connectivity index (χ0) is 8.06. The van der Waals surface area contributed by atoms with Gasteiger partial charge in [-0.3, -0.25) is 0 Å². The molecule has 1 heteroatoms. The third kappa shape index (κ3) is 0.868. The van der Waals surface area contributed by atoms with Crippen LogP contribution < -0.4 is 0 Å². The third-order valence-electron chi connectivity index (χ3n) is 4.24. The van der Waals surface area contributed by atoms with Gasteiger partial charge in [0.1, 0.15) is 0 Å². The minimum Gasteiger partial charge on any atom is -0.396 e. The second-order valence-electron chi connectivity index (χ2n) is 4.88. The Labute approximate surface area is 68.8 Å². The van der Waals surface area contributed by atoms with Crippen LogP contribution in [-0.2, 0) is 0 Å². The molecular formula is C10H18O. The Morgan fingerprint density at radius 1 is 1.36 bits per heavy atom. The summed E-state index contributed by atoms with van der Waals surface area (Å²) in [6, 6.07) is 0. The summed E-state index contributed by atoms with van der Waals surface area (Å²) in [6.45, 7) is 5.15. The van der Waals surface area contributed by atoms with Gasteiger partial charge in [0, 0.05) is 6.61 Å². The monoisotopic (exact) mass is 154 g/mol. The maximum Gasteiger partial charge on any atom is 0.0462 e.